The predicted molar refractivity (Wildman–Crippen MR) is 178 cm³/mol. The molecule has 0 saturated carbocycles. The third kappa shape index (κ3) is 4.66. The Labute approximate surface area is 275 Å². The normalized spacial score (nSPS) is 25.3. The lowest BCUT2D eigenvalue weighted by Crippen LogP contribution is -2.24. The molecule has 0 aromatic rings. The fourth-order valence-electron chi connectivity index (χ4n) is 7.30. The Kier molecular flexibility index (Phi) is 7.87. The Bertz CT molecular complexity index is 1920. The number of aliphatic hydroxyl groups excluding tert-OH is 1. The molecule has 0 radical (unpaired) electrons. The van der Waals surface area contributed by atoms with Crippen molar-refractivity contribution >= 4 is 50.8 Å². The van der Waals surface area contributed by atoms with Crippen molar-refractivity contribution in [3.8, 4) is 0 Å². The number of fused-ring (bicyclic) bond motifs is 5. The lowest BCUT2D eigenvalue weighted by Gasteiger charge is -2.19. The van der Waals surface area contributed by atoms with Crippen molar-refractivity contribution in [2.45, 2.75) is 60.8 Å². The summed E-state index contributed by atoms with van der Waals surface area (Å²) in [5, 5.41) is 25.4. The number of ether oxygens (including phenoxy) is 1. The van der Waals surface area contributed by atoms with Crippen molar-refractivity contribution in [3.05, 3.63) is 89.9 Å². The van der Waals surface area contributed by atoms with E-state index in [1.54, 1.807) is 0 Å². The van der Waals surface area contributed by atoms with Gasteiger partial charge in [-0.2, -0.15) is 0 Å². The van der Waals surface area contributed by atoms with Gasteiger partial charge in [0.05, 0.1) is 45.8 Å². The van der Waals surface area contributed by atoms with E-state index >= 15 is 0 Å². The number of carbonyl (C=O) groups excluding carboxylic acids is 2. The van der Waals surface area contributed by atoms with Gasteiger partial charge in [0.15, 0.2) is 5.78 Å². The van der Waals surface area contributed by atoms with Gasteiger partial charge in [-0.1, -0.05) is 13.8 Å². The monoisotopic (exact) mass is 686 g/mol. The minimum Gasteiger partial charge on any atom is -0.510 e. The number of Topliss-reactive ketones (excluding diaryl/α,β-unsaturated/α-hetero) is 1. The second kappa shape index (κ2) is 11.5. The van der Waals surface area contributed by atoms with E-state index in [0.717, 1.165) is 16.8 Å². The van der Waals surface area contributed by atoms with Crippen molar-refractivity contribution < 1.29 is 29.3 Å². The van der Waals surface area contributed by atoms with E-state index in [9.17, 15) is 24.6 Å². The predicted octanol–water partition coefficient (Wildman–Crippen LogP) is 6.23. The summed E-state index contributed by atoms with van der Waals surface area (Å²) in [5.74, 6) is -3.92. The summed E-state index contributed by atoms with van der Waals surface area (Å²) in [6.07, 6.45) is 4.88. The van der Waals surface area contributed by atoms with Crippen molar-refractivity contribution in [2.75, 3.05) is 7.11 Å². The Hall–Kier alpha value is -4.38. The molecule has 1 saturated heterocycles. The molecule has 1 fully saturated rings. The summed E-state index contributed by atoms with van der Waals surface area (Å²) in [5.41, 5.74) is 9.35. The number of nitrogens with one attached hydrogen (secondary N) is 1. The van der Waals surface area contributed by atoms with E-state index < -0.39 is 11.9 Å². The Morgan fingerprint density at radius 2 is 1.72 bits per heavy atom. The highest BCUT2D eigenvalue weighted by Crippen LogP contribution is 2.49. The smallest absolute Gasteiger partial charge is 0.318 e. The quantitative estimate of drug-likeness (QED) is 0.280. The number of ketones is 1. The number of aliphatic carboxylic acids is 1. The number of aliphatic imine (C=N–C) groups is 3. The number of hydrogen-bond donors (Lipinski definition) is 3. The molecule has 0 amide bonds. The third-order valence-corrected chi connectivity index (χ3v) is 10.5. The van der Waals surface area contributed by atoms with Crippen LogP contribution in [-0.2, 0) is 19.1 Å². The molecular formula is C35H35BrN4O6. The first kappa shape index (κ1) is 31.6. The Morgan fingerprint density at radius 1 is 1.00 bits per heavy atom. The number of hydrogen-bond acceptors (Lipinski definition) is 9. The number of carboxylic acids is 1. The summed E-state index contributed by atoms with van der Waals surface area (Å²) in [6, 6.07) is 0. The van der Waals surface area contributed by atoms with Crippen molar-refractivity contribution in [1.82, 2.24) is 5.32 Å². The van der Waals surface area contributed by atoms with Crippen LogP contribution in [0, 0.1) is 17.8 Å². The van der Waals surface area contributed by atoms with Crippen LogP contribution >= 0.6 is 15.9 Å². The summed E-state index contributed by atoms with van der Waals surface area (Å²) in [6.45, 7) is 11.2. The van der Waals surface area contributed by atoms with Crippen LogP contribution in [0.1, 0.15) is 60.8 Å². The summed E-state index contributed by atoms with van der Waals surface area (Å²) in [4.78, 5) is 53.0. The van der Waals surface area contributed by atoms with Gasteiger partial charge in [-0.3, -0.25) is 14.4 Å². The van der Waals surface area contributed by atoms with E-state index in [1.165, 1.54) is 14.0 Å². The first-order valence-electron chi connectivity index (χ1n) is 15.3. The maximum Gasteiger partial charge on any atom is 0.318 e. The first-order chi connectivity index (χ1) is 21.8. The van der Waals surface area contributed by atoms with E-state index in [-0.39, 0.29) is 35.8 Å². The lowest BCUT2D eigenvalue weighted by atomic mass is 9.84. The second-order valence-electron chi connectivity index (χ2n) is 12.2. The minimum atomic E-state index is -1.35. The lowest BCUT2D eigenvalue weighted by molar-refractivity contribution is -0.141. The van der Waals surface area contributed by atoms with Gasteiger partial charge in [0.1, 0.15) is 11.7 Å². The van der Waals surface area contributed by atoms with Crippen LogP contribution in [0.4, 0.5) is 0 Å². The average Bonchev–Trinajstić information content (AvgIpc) is 3.75. The maximum absolute atomic E-state index is 13.0. The molecule has 238 valence electrons. The van der Waals surface area contributed by atoms with E-state index in [1.807, 2.05) is 46.8 Å². The summed E-state index contributed by atoms with van der Waals surface area (Å²) < 4.78 is 5.55. The minimum absolute atomic E-state index is 0.104. The number of allylic oxidation sites excluding steroid dienone is 11. The average molecular weight is 688 g/mol. The molecule has 1 unspecified atom stereocenters. The maximum atomic E-state index is 13.0. The number of nitrogens with zero attached hydrogens (tertiary/aromatic N) is 3. The molecule has 3 atom stereocenters. The van der Waals surface area contributed by atoms with Crippen molar-refractivity contribution in [2.24, 2.45) is 32.7 Å². The highest BCUT2D eigenvalue weighted by Gasteiger charge is 2.49. The number of carboxylic acid groups (broad SMARTS) is 1. The Morgan fingerprint density at radius 3 is 2.35 bits per heavy atom. The highest BCUT2D eigenvalue weighted by atomic mass is 79.9. The van der Waals surface area contributed by atoms with Gasteiger partial charge in [0, 0.05) is 46.4 Å². The van der Waals surface area contributed by atoms with Gasteiger partial charge < -0.3 is 20.3 Å². The van der Waals surface area contributed by atoms with Crippen LogP contribution < -0.4 is 5.32 Å². The number of halogens is 1. The zero-order chi connectivity index (χ0) is 33.4. The molecule has 1 aliphatic carbocycles. The van der Waals surface area contributed by atoms with E-state index in [0.29, 0.717) is 85.1 Å². The molecule has 11 heteroatoms. The van der Waals surface area contributed by atoms with Crippen LogP contribution in [0.3, 0.4) is 0 Å². The summed E-state index contributed by atoms with van der Waals surface area (Å²) in [7, 11) is 1.33. The number of aliphatic hydroxyl groups is 1. The zero-order valence-corrected chi connectivity index (χ0v) is 28.3. The Balaban J connectivity index is 1.69. The van der Waals surface area contributed by atoms with Gasteiger partial charge in [-0.05, 0) is 90.9 Å². The standard InChI is InChI=1S/C35H35BrN4O6/c1-8-18-13(2)20-12-23-25(17(6)41)16(5)31(39-23)29(36)30-14(3)19(9-10-24(42)46-7)32(40-30)27-28(35(44)45)34(43)26-15(4)21(38-33(26)27)11-22(18)37-20/h11-12,14,19,28,40,43H,8-10H2,1-7H3,(H,44,45)/t14-,19-,28?/m0/s1. The van der Waals surface area contributed by atoms with Crippen LogP contribution in [0.25, 0.3) is 0 Å². The molecule has 46 heavy (non-hydrogen) atoms. The molecule has 5 aliphatic heterocycles. The molecule has 6 aliphatic rings. The van der Waals surface area contributed by atoms with Gasteiger partial charge >= 0.3 is 11.9 Å². The van der Waals surface area contributed by atoms with Crippen LogP contribution in [0.2, 0.25) is 0 Å². The van der Waals surface area contributed by atoms with Gasteiger partial charge in [0.25, 0.3) is 0 Å². The SMILES string of the molecule is CCC1=C(C)C2=NC1=CC1=C(C)C3=C(O)C(C(=O)O)C(=C4NC(=C(Br)C5=NC(=C2)C(C(C)=O)=C5C)[C@@H](C)[C@@H]4CCC(=O)OC)C3=N1. The number of esters is 1. The zero-order valence-electron chi connectivity index (χ0n) is 26.8. The van der Waals surface area contributed by atoms with Crippen molar-refractivity contribution in [1.29, 1.82) is 0 Å². The molecule has 3 N–H and O–H groups in total. The largest absolute Gasteiger partial charge is 0.510 e. The van der Waals surface area contributed by atoms with E-state index in [4.69, 9.17) is 19.7 Å². The number of rotatable bonds is 6. The molecule has 8 bridgehead atoms. The molecule has 0 aromatic heterocycles. The molecule has 0 aromatic carbocycles. The fraction of sp³-hybridized carbons (Fsp3) is 0.371. The van der Waals surface area contributed by atoms with Gasteiger partial charge in [-0.15, -0.1) is 0 Å². The van der Waals surface area contributed by atoms with Crippen LogP contribution in [0.15, 0.2) is 105 Å². The third-order valence-electron chi connectivity index (χ3n) is 9.73. The fourth-order valence-corrected chi connectivity index (χ4v) is 8.15. The van der Waals surface area contributed by atoms with Crippen LogP contribution in [0.5, 0.6) is 0 Å². The number of methoxy groups -OCH3 is 1. The molecule has 5 heterocycles. The van der Waals surface area contributed by atoms with Gasteiger partial charge in [-0.25, -0.2) is 15.0 Å². The summed E-state index contributed by atoms with van der Waals surface area (Å²) >= 11 is 3.79. The second-order valence-corrected chi connectivity index (χ2v) is 13.0. The first-order valence-corrected chi connectivity index (χ1v) is 16.1. The topological polar surface area (TPSA) is 150 Å². The molecule has 10 nitrogen and oxygen atoms in total. The molecular weight excluding hydrogens is 652 g/mol. The van der Waals surface area contributed by atoms with Crippen molar-refractivity contribution in [3.63, 3.8) is 0 Å². The van der Waals surface area contributed by atoms with E-state index in [2.05, 4.69) is 21.2 Å². The number of carbonyl (C=O) groups is 3. The van der Waals surface area contributed by atoms with Crippen LogP contribution in [-0.4, -0.2) is 52.2 Å². The molecule has 0 spiro atoms. The molecule has 6 rings (SSSR count). The highest BCUT2D eigenvalue weighted by molar-refractivity contribution is 9.12. The van der Waals surface area contributed by atoms with Gasteiger partial charge in [0.2, 0.25) is 0 Å².